The molecule has 0 spiro atoms. The number of carbonyl (C=O) groups is 1. The van der Waals surface area contributed by atoms with Crippen molar-refractivity contribution in [3.05, 3.63) is 24.3 Å². The zero-order valence-corrected chi connectivity index (χ0v) is 12.3. The lowest BCUT2D eigenvalue weighted by Crippen LogP contribution is -2.35. The van der Waals surface area contributed by atoms with Crippen LogP contribution in [0.5, 0.6) is 0 Å². The first kappa shape index (κ1) is 14.9. The first-order valence-electron chi connectivity index (χ1n) is 7.51. The number of carbonyl (C=O) groups excluding carboxylic acids is 1. The van der Waals surface area contributed by atoms with Crippen molar-refractivity contribution in [2.45, 2.75) is 44.6 Å². The van der Waals surface area contributed by atoms with Crippen LogP contribution in [0.4, 0.5) is 11.4 Å². The monoisotopic (exact) mass is 275 g/mol. The highest BCUT2D eigenvalue weighted by Gasteiger charge is 2.18. The van der Waals surface area contributed by atoms with Gasteiger partial charge in [-0.1, -0.05) is 19.3 Å². The first-order valence-corrected chi connectivity index (χ1v) is 7.51. The molecule has 1 aliphatic carbocycles. The topological polar surface area (TPSA) is 58.4 Å². The molecular formula is C16H25N3O. The number of benzene rings is 1. The number of rotatable bonds is 5. The maximum absolute atomic E-state index is 11.9. The molecule has 0 radical (unpaired) electrons. The first-order chi connectivity index (χ1) is 9.65. The summed E-state index contributed by atoms with van der Waals surface area (Å²) in [6, 6.07) is 7.91. The lowest BCUT2D eigenvalue weighted by Gasteiger charge is -2.30. The normalized spacial score (nSPS) is 16.3. The molecule has 110 valence electrons. The van der Waals surface area contributed by atoms with E-state index in [4.69, 9.17) is 5.73 Å². The minimum Gasteiger partial charge on any atom is -0.399 e. The third kappa shape index (κ3) is 4.53. The van der Waals surface area contributed by atoms with Crippen molar-refractivity contribution in [2.24, 2.45) is 0 Å². The molecule has 4 nitrogen and oxygen atoms in total. The predicted molar refractivity (Wildman–Crippen MR) is 83.6 cm³/mol. The predicted octanol–water partition coefficient (Wildman–Crippen LogP) is 2.86. The fourth-order valence-electron chi connectivity index (χ4n) is 2.77. The molecule has 0 saturated heterocycles. The molecule has 1 aliphatic rings. The molecule has 0 aliphatic heterocycles. The highest BCUT2D eigenvalue weighted by Crippen LogP contribution is 2.21. The van der Waals surface area contributed by atoms with Crippen LogP contribution in [0.3, 0.4) is 0 Å². The van der Waals surface area contributed by atoms with Gasteiger partial charge in [-0.05, 0) is 44.2 Å². The Morgan fingerprint density at radius 3 is 2.55 bits per heavy atom. The summed E-state index contributed by atoms with van der Waals surface area (Å²) in [6.07, 6.45) is 7.10. The van der Waals surface area contributed by atoms with Gasteiger partial charge in [0.2, 0.25) is 5.91 Å². The number of nitrogens with one attached hydrogen (secondary N) is 1. The molecule has 0 aromatic heterocycles. The summed E-state index contributed by atoms with van der Waals surface area (Å²) in [5, 5.41) is 2.91. The second-order valence-electron chi connectivity index (χ2n) is 5.69. The van der Waals surface area contributed by atoms with E-state index in [1.807, 2.05) is 12.1 Å². The molecule has 1 amide bonds. The van der Waals surface area contributed by atoms with E-state index < -0.39 is 0 Å². The minimum absolute atomic E-state index is 0.0671. The van der Waals surface area contributed by atoms with E-state index in [0.29, 0.717) is 18.2 Å². The number of hydrogen-bond donors (Lipinski definition) is 2. The lowest BCUT2D eigenvalue weighted by atomic mass is 9.94. The van der Waals surface area contributed by atoms with Crippen molar-refractivity contribution in [1.82, 2.24) is 4.90 Å². The zero-order chi connectivity index (χ0) is 14.4. The quantitative estimate of drug-likeness (QED) is 0.812. The average molecular weight is 275 g/mol. The Morgan fingerprint density at radius 1 is 1.25 bits per heavy atom. The van der Waals surface area contributed by atoms with Crippen LogP contribution in [-0.2, 0) is 4.79 Å². The lowest BCUT2D eigenvalue weighted by molar-refractivity contribution is -0.116. The van der Waals surface area contributed by atoms with E-state index in [1.165, 1.54) is 32.1 Å². The number of hydrogen-bond acceptors (Lipinski definition) is 3. The number of nitrogens with zero attached hydrogens (tertiary/aromatic N) is 1. The highest BCUT2D eigenvalue weighted by molar-refractivity contribution is 5.90. The van der Waals surface area contributed by atoms with Crippen LogP contribution in [-0.4, -0.2) is 30.4 Å². The smallest absolute Gasteiger partial charge is 0.225 e. The van der Waals surface area contributed by atoms with Crippen LogP contribution in [0.15, 0.2) is 24.3 Å². The van der Waals surface area contributed by atoms with E-state index in [0.717, 1.165) is 12.2 Å². The second-order valence-corrected chi connectivity index (χ2v) is 5.69. The fraction of sp³-hybridized carbons (Fsp3) is 0.562. The van der Waals surface area contributed by atoms with Crippen molar-refractivity contribution in [3.63, 3.8) is 0 Å². The van der Waals surface area contributed by atoms with E-state index in [1.54, 1.807) is 12.1 Å². The molecule has 0 unspecified atom stereocenters. The molecule has 0 heterocycles. The summed E-state index contributed by atoms with van der Waals surface area (Å²) >= 11 is 0. The standard InChI is InChI=1S/C16H25N3O/c1-19(15-5-3-2-4-6-15)12-11-16(20)18-14-9-7-13(17)8-10-14/h7-10,15H,2-6,11-12,17H2,1H3,(H,18,20). The SMILES string of the molecule is CN(CCC(=O)Nc1ccc(N)cc1)C1CCCCC1. The molecule has 1 aromatic carbocycles. The van der Waals surface area contributed by atoms with Crippen LogP contribution in [0.1, 0.15) is 38.5 Å². The van der Waals surface area contributed by atoms with Gasteiger partial charge >= 0.3 is 0 Å². The van der Waals surface area contributed by atoms with Gasteiger partial charge in [-0.3, -0.25) is 4.79 Å². The van der Waals surface area contributed by atoms with Crippen LogP contribution >= 0.6 is 0 Å². The number of amides is 1. The Kier molecular flexibility index (Phi) is 5.41. The number of anilines is 2. The van der Waals surface area contributed by atoms with Gasteiger partial charge in [0.05, 0.1) is 0 Å². The largest absolute Gasteiger partial charge is 0.399 e. The molecule has 1 saturated carbocycles. The zero-order valence-electron chi connectivity index (χ0n) is 12.3. The van der Waals surface area contributed by atoms with Crippen molar-refractivity contribution in [2.75, 3.05) is 24.6 Å². The molecule has 1 fully saturated rings. The Morgan fingerprint density at radius 2 is 1.90 bits per heavy atom. The van der Waals surface area contributed by atoms with Gasteiger partial charge in [-0.25, -0.2) is 0 Å². The summed E-state index contributed by atoms with van der Waals surface area (Å²) in [4.78, 5) is 14.3. The Labute approximate surface area is 121 Å². The van der Waals surface area contributed by atoms with Gasteiger partial charge in [0.1, 0.15) is 0 Å². The summed E-state index contributed by atoms with van der Waals surface area (Å²) in [5.41, 5.74) is 7.14. The molecule has 20 heavy (non-hydrogen) atoms. The molecule has 1 aromatic rings. The van der Waals surface area contributed by atoms with E-state index in [-0.39, 0.29) is 5.91 Å². The van der Waals surface area contributed by atoms with Crippen LogP contribution < -0.4 is 11.1 Å². The van der Waals surface area contributed by atoms with Gasteiger partial charge in [-0.2, -0.15) is 0 Å². The maximum atomic E-state index is 11.9. The van der Waals surface area contributed by atoms with E-state index in [9.17, 15) is 4.79 Å². The number of nitrogen functional groups attached to an aromatic ring is 1. The molecular weight excluding hydrogens is 250 g/mol. The summed E-state index contributed by atoms with van der Waals surface area (Å²) in [6.45, 7) is 0.825. The van der Waals surface area contributed by atoms with Gasteiger partial charge in [-0.15, -0.1) is 0 Å². The van der Waals surface area contributed by atoms with Gasteiger partial charge in [0, 0.05) is 30.4 Å². The summed E-state index contributed by atoms with van der Waals surface area (Å²) < 4.78 is 0. The average Bonchev–Trinajstić information content (AvgIpc) is 2.48. The molecule has 0 bridgehead atoms. The van der Waals surface area contributed by atoms with Crippen LogP contribution in [0, 0.1) is 0 Å². The molecule has 0 atom stereocenters. The second kappa shape index (κ2) is 7.29. The van der Waals surface area contributed by atoms with Crippen molar-refractivity contribution >= 4 is 17.3 Å². The Balaban J connectivity index is 1.72. The van der Waals surface area contributed by atoms with E-state index >= 15 is 0 Å². The van der Waals surface area contributed by atoms with Crippen LogP contribution in [0.25, 0.3) is 0 Å². The molecule has 2 rings (SSSR count). The Hall–Kier alpha value is -1.55. The van der Waals surface area contributed by atoms with Gasteiger partial charge < -0.3 is 16.0 Å². The van der Waals surface area contributed by atoms with Crippen molar-refractivity contribution < 1.29 is 4.79 Å². The molecule has 4 heteroatoms. The third-order valence-corrected chi connectivity index (χ3v) is 4.08. The third-order valence-electron chi connectivity index (χ3n) is 4.08. The fourth-order valence-corrected chi connectivity index (χ4v) is 2.77. The van der Waals surface area contributed by atoms with Crippen molar-refractivity contribution in [1.29, 1.82) is 0 Å². The summed E-state index contributed by atoms with van der Waals surface area (Å²) in [7, 11) is 2.13. The van der Waals surface area contributed by atoms with Gasteiger partial charge in [0.25, 0.3) is 0 Å². The van der Waals surface area contributed by atoms with Gasteiger partial charge in [0.15, 0.2) is 0 Å². The Bertz CT molecular complexity index is 424. The van der Waals surface area contributed by atoms with E-state index in [2.05, 4.69) is 17.3 Å². The summed E-state index contributed by atoms with van der Waals surface area (Å²) in [5.74, 6) is 0.0671. The van der Waals surface area contributed by atoms with Crippen molar-refractivity contribution in [3.8, 4) is 0 Å². The molecule has 3 N–H and O–H groups in total. The number of nitrogens with two attached hydrogens (primary N) is 1. The maximum Gasteiger partial charge on any atom is 0.225 e. The van der Waals surface area contributed by atoms with Crippen LogP contribution in [0.2, 0.25) is 0 Å². The minimum atomic E-state index is 0.0671. The highest BCUT2D eigenvalue weighted by atomic mass is 16.1.